The van der Waals surface area contributed by atoms with Crippen LogP contribution >= 0.6 is 26.6 Å². The van der Waals surface area contributed by atoms with Crippen molar-refractivity contribution in [3.8, 4) is 0 Å². The van der Waals surface area contributed by atoms with Crippen molar-refractivity contribution in [3.63, 3.8) is 0 Å². The summed E-state index contributed by atoms with van der Waals surface area (Å²) in [6, 6.07) is 3.00. The van der Waals surface area contributed by atoms with Gasteiger partial charge in [0.2, 0.25) is 0 Å². The first-order chi connectivity index (χ1) is 9.09. The number of benzene rings is 1. The molecule has 1 amide bonds. The molecule has 1 aromatic rings. The average molecular weight is 383 g/mol. The monoisotopic (exact) mass is 381 g/mol. The molecule has 0 aliphatic heterocycles. The molecule has 0 aliphatic carbocycles. The highest BCUT2D eigenvalue weighted by atomic mass is 79.9. The van der Waals surface area contributed by atoms with Crippen LogP contribution in [0.3, 0.4) is 0 Å². The number of halogens is 2. The molecule has 20 heavy (non-hydrogen) atoms. The molecule has 0 spiro atoms. The minimum Gasteiger partial charge on any atom is -0.337 e. The lowest BCUT2D eigenvalue weighted by atomic mass is 10.1. The second kappa shape index (κ2) is 6.45. The van der Waals surface area contributed by atoms with Crippen LogP contribution < -0.4 is 0 Å². The maximum absolute atomic E-state index is 12.4. The lowest BCUT2D eigenvalue weighted by molar-refractivity contribution is 0.0716. The maximum Gasteiger partial charge on any atom is 0.262 e. The quantitative estimate of drug-likeness (QED) is 0.748. The standard InChI is InChI=1S/C13H17BrClNO3S/c1-5-16(8(2)3)13(17)10-6-9(4)12(14)11(7-10)20(15,18)19/h6-8H,5H2,1-4H3. The molecule has 0 bridgehead atoms. The predicted molar refractivity (Wildman–Crippen MR) is 83.8 cm³/mol. The van der Waals surface area contributed by atoms with E-state index in [-0.39, 0.29) is 16.8 Å². The largest absolute Gasteiger partial charge is 0.337 e. The zero-order valence-electron chi connectivity index (χ0n) is 11.8. The van der Waals surface area contributed by atoms with Crippen molar-refractivity contribution in [2.75, 3.05) is 6.54 Å². The third kappa shape index (κ3) is 3.74. The first-order valence-corrected chi connectivity index (χ1v) is 9.25. The number of carbonyl (C=O) groups is 1. The predicted octanol–water partition coefficient (Wildman–Crippen LogP) is 3.56. The third-order valence-electron chi connectivity index (χ3n) is 2.96. The fourth-order valence-electron chi connectivity index (χ4n) is 1.95. The van der Waals surface area contributed by atoms with Gasteiger partial charge in [-0.1, -0.05) is 0 Å². The smallest absolute Gasteiger partial charge is 0.262 e. The molecule has 0 saturated carbocycles. The van der Waals surface area contributed by atoms with E-state index in [1.807, 2.05) is 20.8 Å². The van der Waals surface area contributed by atoms with Gasteiger partial charge < -0.3 is 4.90 Å². The van der Waals surface area contributed by atoms with Crippen molar-refractivity contribution < 1.29 is 13.2 Å². The van der Waals surface area contributed by atoms with Crippen molar-refractivity contribution in [2.45, 2.75) is 38.6 Å². The van der Waals surface area contributed by atoms with Gasteiger partial charge in [0.1, 0.15) is 0 Å². The minimum atomic E-state index is -3.91. The highest BCUT2D eigenvalue weighted by Crippen LogP contribution is 2.30. The van der Waals surface area contributed by atoms with E-state index in [4.69, 9.17) is 10.7 Å². The number of aryl methyl sites for hydroxylation is 1. The van der Waals surface area contributed by atoms with E-state index < -0.39 is 9.05 Å². The van der Waals surface area contributed by atoms with Crippen molar-refractivity contribution in [2.24, 2.45) is 0 Å². The fraction of sp³-hybridized carbons (Fsp3) is 0.462. The van der Waals surface area contributed by atoms with E-state index in [0.717, 1.165) is 0 Å². The van der Waals surface area contributed by atoms with Crippen molar-refractivity contribution >= 4 is 41.6 Å². The van der Waals surface area contributed by atoms with Gasteiger partial charge in [-0.05, 0) is 61.3 Å². The molecule has 0 fully saturated rings. The zero-order chi connectivity index (χ0) is 15.7. The zero-order valence-corrected chi connectivity index (χ0v) is 14.9. The summed E-state index contributed by atoms with van der Waals surface area (Å²) in [5.41, 5.74) is 0.968. The van der Waals surface area contributed by atoms with Crippen LogP contribution in [0.1, 0.15) is 36.7 Å². The molecular weight excluding hydrogens is 366 g/mol. The first kappa shape index (κ1) is 17.5. The van der Waals surface area contributed by atoms with Gasteiger partial charge in [0, 0.05) is 33.3 Å². The summed E-state index contributed by atoms with van der Waals surface area (Å²) in [7, 11) is 1.50. The number of hydrogen-bond acceptors (Lipinski definition) is 3. The Labute approximate surface area is 132 Å². The summed E-state index contributed by atoms with van der Waals surface area (Å²) in [5, 5.41) is 0. The average Bonchev–Trinajstić information content (AvgIpc) is 2.31. The first-order valence-electron chi connectivity index (χ1n) is 6.15. The van der Waals surface area contributed by atoms with Crippen LogP contribution in [-0.4, -0.2) is 31.8 Å². The Balaban J connectivity index is 3.42. The van der Waals surface area contributed by atoms with E-state index in [1.165, 1.54) is 6.07 Å². The Hall–Kier alpha value is -0.590. The molecule has 0 aromatic heterocycles. The van der Waals surface area contributed by atoms with Crippen LogP contribution in [-0.2, 0) is 9.05 Å². The molecule has 112 valence electrons. The molecule has 1 rings (SSSR count). The van der Waals surface area contributed by atoms with Crippen LogP contribution in [0.15, 0.2) is 21.5 Å². The van der Waals surface area contributed by atoms with Gasteiger partial charge in [-0.3, -0.25) is 4.79 Å². The lowest BCUT2D eigenvalue weighted by Gasteiger charge is -2.25. The van der Waals surface area contributed by atoms with Gasteiger partial charge in [-0.2, -0.15) is 0 Å². The van der Waals surface area contributed by atoms with Crippen molar-refractivity contribution in [3.05, 3.63) is 27.7 Å². The SMILES string of the molecule is CCN(C(=O)c1cc(C)c(Br)c(S(=O)(=O)Cl)c1)C(C)C. The molecule has 0 aliphatic rings. The van der Waals surface area contributed by atoms with E-state index in [2.05, 4.69) is 15.9 Å². The molecular formula is C13H17BrClNO3S. The van der Waals surface area contributed by atoms with Crippen LogP contribution in [0.5, 0.6) is 0 Å². The number of carbonyl (C=O) groups excluding carboxylic acids is 1. The van der Waals surface area contributed by atoms with Gasteiger partial charge in [-0.25, -0.2) is 8.42 Å². The summed E-state index contributed by atoms with van der Waals surface area (Å²) in [6.07, 6.45) is 0. The summed E-state index contributed by atoms with van der Waals surface area (Å²) in [5.74, 6) is -0.209. The van der Waals surface area contributed by atoms with Gasteiger partial charge in [0.15, 0.2) is 0 Å². The Morgan fingerprint density at radius 2 is 1.95 bits per heavy atom. The Morgan fingerprint density at radius 1 is 1.40 bits per heavy atom. The molecule has 0 atom stereocenters. The maximum atomic E-state index is 12.4. The highest BCUT2D eigenvalue weighted by Gasteiger charge is 2.23. The van der Waals surface area contributed by atoms with Crippen LogP contribution in [0, 0.1) is 6.92 Å². The van der Waals surface area contributed by atoms with E-state index in [9.17, 15) is 13.2 Å². The topological polar surface area (TPSA) is 54.5 Å². The fourth-order valence-corrected chi connectivity index (χ4v) is 4.10. The molecule has 7 heteroatoms. The number of nitrogens with zero attached hydrogens (tertiary/aromatic N) is 1. The number of amides is 1. The summed E-state index contributed by atoms with van der Waals surface area (Å²) >= 11 is 3.19. The highest BCUT2D eigenvalue weighted by molar-refractivity contribution is 9.10. The van der Waals surface area contributed by atoms with Crippen molar-refractivity contribution in [1.82, 2.24) is 4.90 Å². The Morgan fingerprint density at radius 3 is 2.35 bits per heavy atom. The molecule has 0 N–H and O–H groups in total. The number of hydrogen-bond donors (Lipinski definition) is 0. The molecule has 0 radical (unpaired) electrons. The molecule has 0 unspecified atom stereocenters. The molecule has 0 heterocycles. The van der Waals surface area contributed by atoms with Crippen LogP contribution in [0.4, 0.5) is 0 Å². The third-order valence-corrected chi connectivity index (χ3v) is 5.62. The van der Waals surface area contributed by atoms with Gasteiger partial charge in [-0.15, -0.1) is 0 Å². The van der Waals surface area contributed by atoms with E-state index in [1.54, 1.807) is 17.9 Å². The number of rotatable bonds is 4. The second-order valence-corrected chi connectivity index (χ2v) is 8.06. The van der Waals surface area contributed by atoms with E-state index >= 15 is 0 Å². The van der Waals surface area contributed by atoms with Gasteiger partial charge in [0.25, 0.3) is 15.0 Å². The summed E-state index contributed by atoms with van der Waals surface area (Å²) < 4.78 is 23.5. The van der Waals surface area contributed by atoms with Crippen LogP contribution in [0.25, 0.3) is 0 Å². The van der Waals surface area contributed by atoms with Gasteiger partial charge >= 0.3 is 0 Å². The summed E-state index contributed by atoms with van der Waals surface area (Å²) in [6.45, 7) is 7.97. The van der Waals surface area contributed by atoms with Crippen LogP contribution in [0.2, 0.25) is 0 Å². The normalized spacial score (nSPS) is 11.8. The second-order valence-electron chi connectivity index (χ2n) is 4.73. The van der Waals surface area contributed by atoms with Crippen molar-refractivity contribution in [1.29, 1.82) is 0 Å². The summed E-state index contributed by atoms with van der Waals surface area (Å²) in [4.78, 5) is 14.0. The Kier molecular flexibility index (Phi) is 5.63. The molecule has 4 nitrogen and oxygen atoms in total. The van der Waals surface area contributed by atoms with Gasteiger partial charge in [0.05, 0.1) is 4.90 Å². The molecule has 1 aromatic carbocycles. The molecule has 0 saturated heterocycles. The lowest BCUT2D eigenvalue weighted by Crippen LogP contribution is -2.36. The van der Waals surface area contributed by atoms with E-state index in [0.29, 0.717) is 22.1 Å². The Bertz CT molecular complexity index is 629. The minimum absolute atomic E-state index is 0.0347.